The number of aliphatic hydroxyl groups is 1. The molecule has 0 spiro atoms. The number of ether oxygens (including phenoxy) is 2. The molecule has 0 bridgehead atoms. The molecule has 48 heavy (non-hydrogen) atoms. The van der Waals surface area contributed by atoms with Gasteiger partial charge in [-0.15, -0.1) is 0 Å². The zero-order valence-corrected chi connectivity index (χ0v) is 30.1. The Hall–Kier alpha value is -1.93. The van der Waals surface area contributed by atoms with Crippen LogP contribution in [0.15, 0.2) is 29.7 Å². The number of carbonyl (C=O) groups is 1. The molecular weight excluding hydrogens is 649 g/mol. The van der Waals surface area contributed by atoms with Crippen molar-refractivity contribution in [3.63, 3.8) is 0 Å². The highest BCUT2D eigenvalue weighted by atomic mass is 31.2. The van der Waals surface area contributed by atoms with Crippen molar-refractivity contribution in [1.82, 2.24) is 4.90 Å². The first kappa shape index (κ1) is 42.2. The van der Waals surface area contributed by atoms with Crippen LogP contribution in [0.5, 0.6) is 0 Å². The Morgan fingerprint density at radius 1 is 1.00 bits per heavy atom. The third-order valence-electron chi connectivity index (χ3n) is 8.29. The van der Waals surface area contributed by atoms with Gasteiger partial charge in [0.2, 0.25) is 6.23 Å². The van der Waals surface area contributed by atoms with Crippen LogP contribution in [0.3, 0.4) is 0 Å². The maximum Gasteiger partial charge on any atom is 0.320 e. The number of rotatable bonds is 26. The van der Waals surface area contributed by atoms with E-state index in [4.69, 9.17) is 24.3 Å². The smallest absolute Gasteiger partial charge is 0.320 e. The molecule has 0 radical (unpaired) electrons. The topological polar surface area (TPSA) is 156 Å². The number of alkyl halides is 2. The Morgan fingerprint density at radius 2 is 1.50 bits per heavy atom. The minimum absolute atomic E-state index is 0.0424. The van der Waals surface area contributed by atoms with Gasteiger partial charge in [0.05, 0.1) is 27.7 Å². The molecule has 1 saturated heterocycles. The zero-order chi connectivity index (χ0) is 35.6. The highest BCUT2D eigenvalue weighted by Crippen LogP contribution is 2.40. The number of hydrogen-bond acceptors (Lipinski definition) is 11. The normalized spacial score (nSPS) is 22.1. The van der Waals surface area contributed by atoms with E-state index >= 15 is 0 Å². The molecular formula is C33H59F2N4O8P. The number of esters is 1. The van der Waals surface area contributed by atoms with Gasteiger partial charge in [0.1, 0.15) is 37.5 Å². The number of amidine groups is 1. The van der Waals surface area contributed by atoms with E-state index in [1.165, 1.54) is 50.8 Å². The van der Waals surface area contributed by atoms with Crippen LogP contribution in [0, 0.1) is 0 Å². The van der Waals surface area contributed by atoms with E-state index in [0.29, 0.717) is 23.9 Å². The van der Waals surface area contributed by atoms with Crippen LogP contribution >= 0.6 is 7.82 Å². The van der Waals surface area contributed by atoms with Crippen molar-refractivity contribution < 1.29 is 51.1 Å². The second kappa shape index (κ2) is 21.3. The fraction of sp³-hybridized carbons (Fsp3) is 0.818. The average molecular weight is 709 g/mol. The van der Waals surface area contributed by atoms with E-state index in [1.54, 1.807) is 0 Å². The predicted molar refractivity (Wildman–Crippen MR) is 179 cm³/mol. The summed E-state index contributed by atoms with van der Waals surface area (Å²) in [6.45, 7) is 4.02. The van der Waals surface area contributed by atoms with Gasteiger partial charge in [-0.3, -0.25) is 9.36 Å². The molecule has 0 aromatic rings. The molecule has 0 aromatic heterocycles. The number of nitrogens with zero attached hydrogens (tertiary/aromatic N) is 3. The number of unbranched alkanes of at least 4 members (excludes halogenated alkanes) is 14. The van der Waals surface area contributed by atoms with Crippen molar-refractivity contribution in [3.8, 4) is 0 Å². The summed E-state index contributed by atoms with van der Waals surface area (Å²) in [5.41, 5.74) is 5.56. The van der Waals surface area contributed by atoms with Crippen molar-refractivity contribution >= 4 is 19.6 Å². The molecule has 2 rings (SSSR count). The summed E-state index contributed by atoms with van der Waals surface area (Å²) in [4.78, 5) is 28.7. The maximum atomic E-state index is 14.7. The van der Waals surface area contributed by atoms with Crippen LogP contribution in [0.25, 0.3) is 0 Å². The molecule has 3 N–H and O–H groups in total. The van der Waals surface area contributed by atoms with Gasteiger partial charge in [-0.1, -0.05) is 90.0 Å². The molecule has 0 aliphatic carbocycles. The average Bonchev–Trinajstić information content (AvgIpc) is 3.22. The monoisotopic (exact) mass is 708 g/mol. The lowest BCUT2D eigenvalue weighted by Gasteiger charge is -2.31. The van der Waals surface area contributed by atoms with Crippen molar-refractivity contribution in [1.29, 1.82) is 0 Å². The number of likely N-dealkylation sites (N-methyl/N-ethyl adjacent to an activating group) is 1. The van der Waals surface area contributed by atoms with Gasteiger partial charge in [-0.25, -0.2) is 4.99 Å². The molecule has 2 aliphatic rings. The first-order chi connectivity index (χ1) is 22.6. The van der Waals surface area contributed by atoms with Crippen molar-refractivity contribution in [2.45, 2.75) is 127 Å². The second-order valence-electron chi connectivity index (χ2n) is 13.7. The SMILES string of the molecule is C=C1N=C(N)C=CN1[C@@H]1O[C@H](COC(=O)CCCCCCCCCCCCCCCCCOP(=O)([O-])OCC[N+](C)(C)C)C(O)C1(F)F. The minimum Gasteiger partial charge on any atom is -0.756 e. The van der Waals surface area contributed by atoms with Gasteiger partial charge in [-0.2, -0.15) is 8.78 Å². The van der Waals surface area contributed by atoms with E-state index in [0.717, 1.165) is 49.8 Å². The Balaban J connectivity index is 1.37. The van der Waals surface area contributed by atoms with E-state index in [9.17, 15) is 28.1 Å². The quantitative estimate of drug-likeness (QED) is 0.0519. The van der Waals surface area contributed by atoms with Gasteiger partial charge in [0.25, 0.3) is 7.82 Å². The van der Waals surface area contributed by atoms with Crippen molar-refractivity contribution in [2.75, 3.05) is 47.5 Å². The Bertz CT molecular complexity index is 1090. The largest absolute Gasteiger partial charge is 0.756 e. The third-order valence-corrected chi connectivity index (χ3v) is 9.29. The van der Waals surface area contributed by atoms with Crippen molar-refractivity contribution in [2.24, 2.45) is 10.7 Å². The first-order valence-corrected chi connectivity index (χ1v) is 18.9. The van der Waals surface area contributed by atoms with Crippen LogP contribution in [-0.2, 0) is 27.9 Å². The Kier molecular flexibility index (Phi) is 18.8. The van der Waals surface area contributed by atoms with Crippen LogP contribution in [0.2, 0.25) is 0 Å². The lowest BCUT2D eigenvalue weighted by molar-refractivity contribution is -0.870. The standard InChI is InChI=1S/C33H59F2N4O8P/c1-27-37-29(36)21-22-38(27)32-33(34,35)31(41)28(47-32)26-44-30(40)20-18-16-14-12-10-8-6-5-7-9-11-13-15-17-19-24-45-48(42,43)46-25-23-39(2,3)4/h21-22,28,31-32,41H,1,5-20,23-26H2,2-4H3,(H2-,36,37,42,43)/t28-,31?,32-/m1/s1. The number of phosphoric ester groups is 1. The van der Waals surface area contributed by atoms with Crippen LogP contribution in [0.4, 0.5) is 8.78 Å². The predicted octanol–water partition coefficient (Wildman–Crippen LogP) is 5.36. The number of quaternary nitrogens is 1. The fourth-order valence-corrected chi connectivity index (χ4v) is 6.10. The molecule has 2 unspecified atom stereocenters. The molecule has 15 heteroatoms. The molecule has 4 atom stereocenters. The van der Waals surface area contributed by atoms with E-state index < -0.39 is 44.8 Å². The van der Waals surface area contributed by atoms with Gasteiger partial charge >= 0.3 is 11.9 Å². The summed E-state index contributed by atoms with van der Waals surface area (Å²) >= 11 is 0. The molecule has 0 amide bonds. The summed E-state index contributed by atoms with van der Waals surface area (Å²) in [5, 5.41) is 10.1. The zero-order valence-electron chi connectivity index (χ0n) is 29.2. The highest BCUT2D eigenvalue weighted by molar-refractivity contribution is 7.45. The summed E-state index contributed by atoms with van der Waals surface area (Å²) in [7, 11) is 1.71. The molecule has 2 aliphatic heterocycles. The van der Waals surface area contributed by atoms with Crippen LogP contribution in [0.1, 0.15) is 103 Å². The molecule has 1 fully saturated rings. The highest BCUT2D eigenvalue weighted by Gasteiger charge is 2.61. The number of phosphoric acid groups is 1. The van der Waals surface area contributed by atoms with Gasteiger partial charge in [0.15, 0.2) is 6.10 Å². The fourth-order valence-electron chi connectivity index (χ4n) is 5.36. The Morgan fingerprint density at radius 3 is 2.02 bits per heavy atom. The molecule has 0 saturated carbocycles. The second-order valence-corrected chi connectivity index (χ2v) is 15.1. The minimum atomic E-state index is -4.20. The number of halogens is 2. The van der Waals surface area contributed by atoms with Gasteiger partial charge < -0.3 is 43.6 Å². The molecule has 278 valence electrons. The molecule has 0 aromatic carbocycles. The van der Waals surface area contributed by atoms with Gasteiger partial charge in [0, 0.05) is 12.6 Å². The first-order valence-electron chi connectivity index (χ1n) is 17.4. The summed E-state index contributed by atoms with van der Waals surface area (Å²) < 4.78 is 62.1. The summed E-state index contributed by atoms with van der Waals surface area (Å²) in [6.07, 6.45) is 13.4. The summed E-state index contributed by atoms with van der Waals surface area (Å²) in [5.74, 6) is -4.07. The molecule has 12 nitrogen and oxygen atoms in total. The number of aliphatic imine (C=N–C) groups is 1. The van der Waals surface area contributed by atoms with Crippen molar-refractivity contribution in [3.05, 3.63) is 24.7 Å². The lowest BCUT2D eigenvalue weighted by atomic mass is 10.0. The lowest BCUT2D eigenvalue weighted by Crippen LogP contribution is -2.47. The van der Waals surface area contributed by atoms with Crippen LogP contribution < -0.4 is 10.6 Å². The van der Waals surface area contributed by atoms with E-state index in [1.807, 2.05) is 21.1 Å². The molecule has 2 heterocycles. The third kappa shape index (κ3) is 16.7. The van der Waals surface area contributed by atoms with Gasteiger partial charge in [-0.05, 0) is 18.9 Å². The number of nitrogens with two attached hydrogens (primary N) is 1. The summed E-state index contributed by atoms with van der Waals surface area (Å²) in [6, 6.07) is 0. The number of aliphatic hydroxyl groups excluding tert-OH is 1. The Labute approximate surface area is 285 Å². The maximum absolute atomic E-state index is 14.7. The van der Waals surface area contributed by atoms with E-state index in [-0.39, 0.29) is 31.3 Å². The van der Waals surface area contributed by atoms with Crippen LogP contribution in [-0.4, -0.2) is 98.2 Å². The van der Waals surface area contributed by atoms with E-state index in [2.05, 4.69) is 11.6 Å². The number of carbonyl (C=O) groups excluding carboxylic acids is 1. The number of hydrogen-bond donors (Lipinski definition) is 2.